The summed E-state index contributed by atoms with van der Waals surface area (Å²) in [5, 5.41) is 0.608. The molecular weight excluding hydrogens is 302 g/mol. The molecule has 4 nitrogen and oxygen atoms in total. The molecule has 0 radical (unpaired) electrons. The molecule has 1 unspecified atom stereocenters. The fraction of sp³-hybridized carbons (Fsp3) is 0.471. The van der Waals surface area contributed by atoms with Crippen molar-refractivity contribution >= 4 is 17.7 Å². The van der Waals surface area contributed by atoms with Gasteiger partial charge in [-0.15, -0.1) is 0 Å². The van der Waals surface area contributed by atoms with Gasteiger partial charge in [0.05, 0.1) is 19.3 Å². The molecule has 1 fully saturated rings. The first-order valence-electron chi connectivity index (χ1n) is 7.26. The van der Waals surface area contributed by atoms with Crippen LogP contribution < -0.4 is 0 Å². The smallest absolute Gasteiger partial charge is 0.411 e. The topological polar surface area (TPSA) is 38.8 Å². The van der Waals surface area contributed by atoms with E-state index in [1.165, 1.54) is 0 Å². The van der Waals surface area contributed by atoms with Crippen molar-refractivity contribution in [3.05, 3.63) is 47.0 Å². The molecule has 0 aliphatic carbocycles. The molecule has 2 rings (SSSR count). The average molecular weight is 324 g/mol. The number of ether oxygens (including phenoxy) is 2. The molecule has 1 aromatic rings. The van der Waals surface area contributed by atoms with Gasteiger partial charge in [-0.1, -0.05) is 36.4 Å². The van der Waals surface area contributed by atoms with E-state index in [4.69, 9.17) is 21.1 Å². The molecule has 1 aromatic carbocycles. The van der Waals surface area contributed by atoms with Gasteiger partial charge in [-0.3, -0.25) is 4.90 Å². The molecule has 22 heavy (non-hydrogen) atoms. The van der Waals surface area contributed by atoms with Crippen molar-refractivity contribution in [2.24, 2.45) is 0 Å². The first-order valence-corrected chi connectivity index (χ1v) is 7.64. The highest BCUT2D eigenvalue weighted by molar-refractivity contribution is 6.31. The van der Waals surface area contributed by atoms with Crippen LogP contribution in [-0.2, 0) is 9.47 Å². The van der Waals surface area contributed by atoms with Crippen molar-refractivity contribution in [2.75, 3.05) is 19.8 Å². The minimum Gasteiger partial charge on any atom is -0.444 e. The fourth-order valence-electron chi connectivity index (χ4n) is 2.32. The van der Waals surface area contributed by atoms with Gasteiger partial charge >= 0.3 is 6.09 Å². The third-order valence-electron chi connectivity index (χ3n) is 3.24. The Morgan fingerprint density at radius 3 is 2.73 bits per heavy atom. The Labute approximate surface area is 136 Å². The predicted molar refractivity (Wildman–Crippen MR) is 87.1 cm³/mol. The Kier molecular flexibility index (Phi) is 5.14. The van der Waals surface area contributed by atoms with Crippen LogP contribution in [0.1, 0.15) is 32.4 Å². The molecule has 1 aliphatic heterocycles. The lowest BCUT2D eigenvalue weighted by Gasteiger charge is -2.32. The molecule has 1 atom stereocenters. The van der Waals surface area contributed by atoms with E-state index >= 15 is 0 Å². The number of nitrogens with zero attached hydrogens (tertiary/aromatic N) is 1. The van der Waals surface area contributed by atoms with Gasteiger partial charge in [0.25, 0.3) is 0 Å². The normalized spacial score (nSPS) is 19.7. The van der Waals surface area contributed by atoms with Crippen LogP contribution in [0.15, 0.2) is 36.4 Å². The van der Waals surface area contributed by atoms with Gasteiger partial charge in [0.2, 0.25) is 0 Å². The first kappa shape index (κ1) is 16.8. The van der Waals surface area contributed by atoms with Crippen LogP contribution in [0.25, 0.3) is 0 Å². The monoisotopic (exact) mass is 323 g/mol. The quantitative estimate of drug-likeness (QED) is 0.727. The summed E-state index contributed by atoms with van der Waals surface area (Å²) in [7, 11) is 0. The van der Waals surface area contributed by atoms with Crippen LogP contribution in [0.4, 0.5) is 4.79 Å². The molecule has 1 aliphatic rings. The largest absolute Gasteiger partial charge is 0.444 e. The van der Waals surface area contributed by atoms with Crippen molar-refractivity contribution < 1.29 is 14.3 Å². The molecule has 1 saturated heterocycles. The van der Waals surface area contributed by atoms with Crippen LogP contribution >= 0.6 is 11.6 Å². The van der Waals surface area contributed by atoms with Crippen LogP contribution in [0.3, 0.4) is 0 Å². The van der Waals surface area contributed by atoms with Crippen molar-refractivity contribution in [3.63, 3.8) is 0 Å². The SMILES string of the molecule is C=C1COCC(c2ccccc2Cl)N(C(=O)OC(C)(C)C)C1. The summed E-state index contributed by atoms with van der Waals surface area (Å²) in [4.78, 5) is 14.2. The Balaban J connectivity index is 2.33. The lowest BCUT2D eigenvalue weighted by molar-refractivity contribution is 0.0122. The molecule has 1 heterocycles. The second-order valence-electron chi connectivity index (χ2n) is 6.41. The Morgan fingerprint density at radius 2 is 2.09 bits per heavy atom. The zero-order valence-electron chi connectivity index (χ0n) is 13.3. The van der Waals surface area contributed by atoms with Crippen LogP contribution in [0.5, 0.6) is 0 Å². The molecular formula is C17H22ClNO3. The van der Waals surface area contributed by atoms with Gasteiger partial charge in [0.1, 0.15) is 5.60 Å². The van der Waals surface area contributed by atoms with E-state index in [0.29, 0.717) is 24.8 Å². The summed E-state index contributed by atoms with van der Waals surface area (Å²) in [5.74, 6) is 0. The van der Waals surface area contributed by atoms with Crippen molar-refractivity contribution in [3.8, 4) is 0 Å². The number of benzene rings is 1. The molecule has 1 amide bonds. The highest BCUT2D eigenvalue weighted by Crippen LogP contribution is 2.31. The number of rotatable bonds is 1. The lowest BCUT2D eigenvalue weighted by Crippen LogP contribution is -2.40. The summed E-state index contributed by atoms with van der Waals surface area (Å²) in [6, 6.07) is 7.18. The zero-order valence-corrected chi connectivity index (χ0v) is 14.0. The van der Waals surface area contributed by atoms with Crippen LogP contribution in [0, 0.1) is 0 Å². The van der Waals surface area contributed by atoms with Gasteiger partial charge in [-0.05, 0) is 38.0 Å². The second kappa shape index (κ2) is 6.71. The molecule has 0 saturated carbocycles. The number of amides is 1. The Morgan fingerprint density at radius 1 is 1.41 bits per heavy atom. The van der Waals surface area contributed by atoms with E-state index in [9.17, 15) is 4.79 Å². The number of halogens is 1. The highest BCUT2D eigenvalue weighted by Gasteiger charge is 2.32. The summed E-state index contributed by atoms with van der Waals surface area (Å²) < 4.78 is 11.2. The van der Waals surface area contributed by atoms with Crippen molar-refractivity contribution in [1.29, 1.82) is 0 Å². The van der Waals surface area contributed by atoms with E-state index in [1.54, 1.807) is 4.90 Å². The second-order valence-corrected chi connectivity index (χ2v) is 6.82. The Hall–Kier alpha value is -1.52. The van der Waals surface area contributed by atoms with Gasteiger partial charge in [0.15, 0.2) is 0 Å². The molecule has 0 bridgehead atoms. The van der Waals surface area contributed by atoms with Crippen LogP contribution in [0.2, 0.25) is 5.02 Å². The van der Waals surface area contributed by atoms with E-state index in [2.05, 4.69) is 6.58 Å². The first-order chi connectivity index (χ1) is 10.3. The molecule has 0 spiro atoms. The predicted octanol–water partition coefficient (Wildman–Crippen LogP) is 4.20. The van der Waals surface area contributed by atoms with E-state index in [-0.39, 0.29) is 12.1 Å². The summed E-state index contributed by atoms with van der Waals surface area (Å²) in [5.41, 5.74) is 1.13. The van der Waals surface area contributed by atoms with E-state index in [1.807, 2.05) is 45.0 Å². The Bertz CT molecular complexity index is 565. The molecule has 5 heteroatoms. The van der Waals surface area contributed by atoms with Crippen LogP contribution in [-0.4, -0.2) is 36.4 Å². The van der Waals surface area contributed by atoms with E-state index < -0.39 is 5.60 Å². The third-order valence-corrected chi connectivity index (χ3v) is 3.59. The third kappa shape index (κ3) is 4.24. The van der Waals surface area contributed by atoms with Crippen molar-refractivity contribution in [2.45, 2.75) is 32.4 Å². The molecule has 120 valence electrons. The number of carbonyl (C=O) groups excluding carboxylic acids is 1. The van der Waals surface area contributed by atoms with Gasteiger partial charge < -0.3 is 9.47 Å². The minimum atomic E-state index is -0.559. The maximum atomic E-state index is 12.6. The maximum absolute atomic E-state index is 12.6. The van der Waals surface area contributed by atoms with Gasteiger partial charge in [-0.2, -0.15) is 0 Å². The number of carbonyl (C=O) groups is 1. The van der Waals surface area contributed by atoms with Gasteiger partial charge in [0, 0.05) is 11.6 Å². The lowest BCUT2D eigenvalue weighted by atomic mass is 10.1. The number of hydrogen-bond donors (Lipinski definition) is 0. The van der Waals surface area contributed by atoms with Gasteiger partial charge in [-0.25, -0.2) is 4.79 Å². The summed E-state index contributed by atoms with van der Waals surface area (Å²) in [6.45, 7) is 10.7. The summed E-state index contributed by atoms with van der Waals surface area (Å²) >= 11 is 6.29. The maximum Gasteiger partial charge on any atom is 0.411 e. The zero-order chi connectivity index (χ0) is 16.3. The number of hydrogen-bond acceptors (Lipinski definition) is 3. The van der Waals surface area contributed by atoms with E-state index in [0.717, 1.165) is 11.1 Å². The average Bonchev–Trinajstić information content (AvgIpc) is 2.59. The molecule has 0 aromatic heterocycles. The highest BCUT2D eigenvalue weighted by atomic mass is 35.5. The standard InChI is InChI=1S/C17H22ClNO3/c1-12-9-19(16(20)22-17(2,3)4)15(11-21-10-12)13-7-5-6-8-14(13)18/h5-8,15H,1,9-11H2,2-4H3. The van der Waals surface area contributed by atoms with Crippen molar-refractivity contribution in [1.82, 2.24) is 4.90 Å². The summed E-state index contributed by atoms with van der Waals surface area (Å²) in [6.07, 6.45) is -0.385. The molecule has 0 N–H and O–H groups in total. The fourth-order valence-corrected chi connectivity index (χ4v) is 2.58. The minimum absolute atomic E-state index is 0.289.